The van der Waals surface area contributed by atoms with E-state index in [9.17, 15) is 10.5 Å². The largest absolute Gasteiger partial charge is 0.198 e. The second-order valence-electron chi connectivity index (χ2n) is 10.5. The van der Waals surface area contributed by atoms with Gasteiger partial charge in [0.25, 0.3) is 0 Å². The average molecular weight is 389 g/mol. The molecule has 2 unspecified atom stereocenters. The molecule has 0 rings (SSSR count). The van der Waals surface area contributed by atoms with Crippen molar-refractivity contribution in [2.75, 3.05) is 0 Å². The molecule has 0 aliphatic rings. The maximum atomic E-state index is 10.0. The summed E-state index contributed by atoms with van der Waals surface area (Å²) in [5.74, 6) is 1.70. The Labute approximate surface area is 174 Å². The second kappa shape index (κ2) is 11.5. The zero-order chi connectivity index (χ0) is 22.1. The van der Waals surface area contributed by atoms with Crippen molar-refractivity contribution in [2.45, 2.75) is 107 Å². The molecular weight excluding hydrogens is 344 g/mol. The van der Waals surface area contributed by atoms with Crippen LogP contribution < -0.4 is 0 Å². The molecule has 0 fully saturated rings. The molecule has 0 radical (unpaired) electrons. The molecule has 0 N–H and O–H groups in total. The van der Waals surface area contributed by atoms with E-state index >= 15 is 0 Å². The van der Waals surface area contributed by atoms with E-state index in [1.807, 2.05) is 13.8 Å². The molecule has 0 aromatic carbocycles. The Kier molecular flexibility index (Phi) is 11.0. The van der Waals surface area contributed by atoms with Gasteiger partial charge in [-0.15, -0.1) is 0 Å². The fourth-order valence-electron chi connectivity index (χ4n) is 4.55. The van der Waals surface area contributed by atoms with Gasteiger partial charge in [-0.1, -0.05) is 55.4 Å². The fraction of sp³-hybridized carbons (Fsp3) is 0.917. The molecular formula is C24H44N4. The lowest BCUT2D eigenvalue weighted by Gasteiger charge is -2.35. The van der Waals surface area contributed by atoms with Crippen molar-refractivity contribution >= 4 is 0 Å². The molecule has 0 heterocycles. The lowest BCUT2D eigenvalue weighted by molar-refractivity contribution is 0.194. The molecule has 0 saturated carbocycles. The number of nitrogens with zero attached hydrogens (tertiary/aromatic N) is 4. The summed E-state index contributed by atoms with van der Waals surface area (Å²) < 4.78 is 0. The van der Waals surface area contributed by atoms with E-state index in [0.717, 1.165) is 25.7 Å². The van der Waals surface area contributed by atoms with Gasteiger partial charge in [0.2, 0.25) is 0 Å². The molecule has 0 aromatic heterocycles. The standard InChI is InChI=1S/C24H44N4/c1-17(2)11-23(15-25,12-18(3)4)21(9)27-28-22(10)24(16-26,13-19(5)6)14-20(7)8/h17-22H,11-14H2,1-10H3. The monoisotopic (exact) mass is 388 g/mol. The van der Waals surface area contributed by atoms with Gasteiger partial charge in [-0.25, -0.2) is 0 Å². The Bertz CT molecular complexity index is 490. The van der Waals surface area contributed by atoms with Crippen LogP contribution in [0.25, 0.3) is 0 Å². The van der Waals surface area contributed by atoms with E-state index in [2.05, 4.69) is 77.8 Å². The predicted octanol–water partition coefficient (Wildman–Crippen LogP) is 7.42. The number of hydrogen-bond acceptors (Lipinski definition) is 4. The van der Waals surface area contributed by atoms with Crippen LogP contribution in [0, 0.1) is 57.2 Å². The Morgan fingerprint density at radius 2 is 0.750 bits per heavy atom. The number of rotatable bonds is 12. The Hall–Kier alpha value is -1.42. The maximum Gasteiger partial charge on any atom is 0.0866 e. The summed E-state index contributed by atoms with van der Waals surface area (Å²) in [7, 11) is 0. The van der Waals surface area contributed by atoms with Crippen LogP contribution in [-0.2, 0) is 0 Å². The third-order valence-corrected chi connectivity index (χ3v) is 5.55. The smallest absolute Gasteiger partial charge is 0.0866 e. The zero-order valence-corrected chi connectivity index (χ0v) is 20.1. The summed E-state index contributed by atoms with van der Waals surface area (Å²) in [6, 6.07) is 4.84. The van der Waals surface area contributed by atoms with Crippen LogP contribution in [0.15, 0.2) is 10.2 Å². The Morgan fingerprint density at radius 3 is 0.893 bits per heavy atom. The van der Waals surface area contributed by atoms with Gasteiger partial charge in [0.05, 0.1) is 35.1 Å². The van der Waals surface area contributed by atoms with E-state index in [1.165, 1.54) is 0 Å². The molecule has 0 amide bonds. The van der Waals surface area contributed by atoms with E-state index in [1.54, 1.807) is 0 Å². The van der Waals surface area contributed by atoms with Crippen LogP contribution in [0.2, 0.25) is 0 Å². The van der Waals surface area contributed by atoms with Gasteiger partial charge < -0.3 is 0 Å². The molecule has 160 valence electrons. The Balaban J connectivity index is 5.78. The van der Waals surface area contributed by atoms with Crippen molar-refractivity contribution in [1.29, 1.82) is 10.5 Å². The summed E-state index contributed by atoms with van der Waals surface area (Å²) in [5, 5.41) is 29.4. The normalized spacial score (nSPS) is 15.4. The first kappa shape index (κ1) is 26.6. The van der Waals surface area contributed by atoms with Gasteiger partial charge in [0.1, 0.15) is 0 Å². The van der Waals surface area contributed by atoms with Gasteiger partial charge in [0.15, 0.2) is 0 Å². The van der Waals surface area contributed by atoms with Gasteiger partial charge in [-0.3, -0.25) is 0 Å². The molecule has 0 bridgehead atoms. The topological polar surface area (TPSA) is 72.3 Å². The van der Waals surface area contributed by atoms with Gasteiger partial charge >= 0.3 is 0 Å². The van der Waals surface area contributed by atoms with Crippen molar-refractivity contribution in [3.8, 4) is 12.1 Å². The first-order chi connectivity index (χ1) is 12.8. The van der Waals surface area contributed by atoms with E-state index in [0.29, 0.717) is 23.7 Å². The predicted molar refractivity (Wildman–Crippen MR) is 118 cm³/mol. The van der Waals surface area contributed by atoms with Crippen LogP contribution in [-0.4, -0.2) is 12.1 Å². The number of hydrogen-bond donors (Lipinski definition) is 0. The van der Waals surface area contributed by atoms with E-state index in [4.69, 9.17) is 0 Å². The molecule has 0 aliphatic heterocycles. The highest BCUT2D eigenvalue weighted by Gasteiger charge is 2.40. The Morgan fingerprint density at radius 1 is 0.536 bits per heavy atom. The van der Waals surface area contributed by atoms with Crippen molar-refractivity contribution in [3.05, 3.63) is 0 Å². The highest BCUT2D eigenvalue weighted by Crippen LogP contribution is 2.41. The summed E-state index contributed by atoms with van der Waals surface area (Å²) in [6.07, 6.45) is 3.27. The zero-order valence-electron chi connectivity index (χ0n) is 20.1. The third kappa shape index (κ3) is 7.90. The highest BCUT2D eigenvalue weighted by molar-refractivity contribution is 5.08. The van der Waals surface area contributed by atoms with Crippen LogP contribution >= 0.6 is 0 Å². The van der Waals surface area contributed by atoms with Crippen LogP contribution in [0.4, 0.5) is 0 Å². The number of azo groups is 1. The summed E-state index contributed by atoms with van der Waals surface area (Å²) in [4.78, 5) is 0. The summed E-state index contributed by atoms with van der Waals surface area (Å²) >= 11 is 0. The first-order valence-electron chi connectivity index (χ1n) is 11.1. The molecule has 4 heteroatoms. The fourth-order valence-corrected chi connectivity index (χ4v) is 4.55. The lowest BCUT2D eigenvalue weighted by Crippen LogP contribution is -2.36. The maximum absolute atomic E-state index is 10.0. The summed E-state index contributed by atoms with van der Waals surface area (Å²) in [6.45, 7) is 21.3. The average Bonchev–Trinajstić information content (AvgIpc) is 2.55. The van der Waals surface area contributed by atoms with Gasteiger partial charge in [-0.2, -0.15) is 20.8 Å². The number of nitriles is 2. The minimum atomic E-state index is -0.503. The van der Waals surface area contributed by atoms with Crippen LogP contribution in [0.3, 0.4) is 0 Å². The van der Waals surface area contributed by atoms with E-state index < -0.39 is 10.8 Å². The highest BCUT2D eigenvalue weighted by atomic mass is 15.1. The van der Waals surface area contributed by atoms with Crippen LogP contribution in [0.5, 0.6) is 0 Å². The van der Waals surface area contributed by atoms with Crippen LogP contribution in [0.1, 0.15) is 94.9 Å². The molecule has 28 heavy (non-hydrogen) atoms. The van der Waals surface area contributed by atoms with Crippen molar-refractivity contribution < 1.29 is 0 Å². The minimum Gasteiger partial charge on any atom is -0.198 e. The molecule has 2 atom stereocenters. The van der Waals surface area contributed by atoms with Crippen molar-refractivity contribution in [1.82, 2.24) is 0 Å². The van der Waals surface area contributed by atoms with Gasteiger partial charge in [0, 0.05) is 0 Å². The minimum absolute atomic E-state index is 0.181. The molecule has 4 nitrogen and oxygen atoms in total. The van der Waals surface area contributed by atoms with Gasteiger partial charge in [-0.05, 0) is 63.2 Å². The van der Waals surface area contributed by atoms with E-state index in [-0.39, 0.29) is 12.1 Å². The first-order valence-corrected chi connectivity index (χ1v) is 11.1. The van der Waals surface area contributed by atoms with Crippen molar-refractivity contribution in [3.63, 3.8) is 0 Å². The van der Waals surface area contributed by atoms with Crippen molar-refractivity contribution in [2.24, 2.45) is 44.7 Å². The lowest BCUT2D eigenvalue weighted by atomic mass is 9.70. The second-order valence-corrected chi connectivity index (χ2v) is 10.5. The molecule has 0 aliphatic carbocycles. The molecule has 0 spiro atoms. The SMILES string of the molecule is CC(C)CC(C#N)(CC(C)C)C(C)N=NC(C)C(C#N)(CC(C)C)CC(C)C. The third-order valence-electron chi connectivity index (χ3n) is 5.55. The summed E-state index contributed by atoms with van der Waals surface area (Å²) in [5.41, 5.74) is -1.01. The molecule has 0 aromatic rings. The quantitative estimate of drug-likeness (QED) is 0.326. The molecule has 0 saturated heterocycles.